The SMILES string of the molecule is N#Cc1ccc(NC2CC2)c(NS(=O)(=O)C[C@@H]2CCCO2)c1. The van der Waals surface area contributed by atoms with Crippen LogP contribution < -0.4 is 10.0 Å². The van der Waals surface area contributed by atoms with Gasteiger partial charge in [-0.3, -0.25) is 4.72 Å². The molecular formula is C15H19N3O3S. The predicted octanol–water partition coefficient (Wildman–Crippen LogP) is 2.05. The number of benzene rings is 1. The van der Waals surface area contributed by atoms with E-state index in [1.807, 2.05) is 6.07 Å². The summed E-state index contributed by atoms with van der Waals surface area (Å²) >= 11 is 0. The molecule has 1 aromatic carbocycles. The highest BCUT2D eigenvalue weighted by atomic mass is 32.2. The number of anilines is 2. The Balaban J connectivity index is 1.77. The number of rotatable bonds is 6. The summed E-state index contributed by atoms with van der Waals surface area (Å²) in [5.41, 5.74) is 1.58. The lowest BCUT2D eigenvalue weighted by Gasteiger charge is -2.16. The van der Waals surface area contributed by atoms with E-state index in [9.17, 15) is 8.42 Å². The minimum absolute atomic E-state index is 0.0490. The predicted molar refractivity (Wildman–Crippen MR) is 84.2 cm³/mol. The van der Waals surface area contributed by atoms with Gasteiger partial charge in [0.15, 0.2) is 0 Å². The minimum atomic E-state index is -3.51. The molecule has 1 aliphatic heterocycles. The Kier molecular flexibility index (Phi) is 4.23. The highest BCUT2D eigenvalue weighted by molar-refractivity contribution is 7.92. The summed E-state index contributed by atoms with van der Waals surface area (Å²) in [6, 6.07) is 7.43. The average molecular weight is 321 g/mol. The summed E-state index contributed by atoms with van der Waals surface area (Å²) < 4.78 is 32.6. The van der Waals surface area contributed by atoms with Crippen LogP contribution in [0.25, 0.3) is 0 Å². The molecule has 0 amide bonds. The van der Waals surface area contributed by atoms with Crippen LogP contribution in [0.15, 0.2) is 18.2 Å². The van der Waals surface area contributed by atoms with Crippen LogP contribution >= 0.6 is 0 Å². The van der Waals surface area contributed by atoms with Crippen molar-refractivity contribution >= 4 is 21.4 Å². The van der Waals surface area contributed by atoms with Crippen LogP contribution in [-0.2, 0) is 14.8 Å². The molecular weight excluding hydrogens is 302 g/mol. The van der Waals surface area contributed by atoms with Crippen molar-refractivity contribution in [3.8, 4) is 6.07 Å². The fourth-order valence-electron chi connectivity index (χ4n) is 2.50. The molecule has 2 N–H and O–H groups in total. The summed E-state index contributed by atoms with van der Waals surface area (Å²) in [6.07, 6.45) is 3.60. The van der Waals surface area contributed by atoms with Crippen LogP contribution in [0.2, 0.25) is 0 Å². The second-order valence-electron chi connectivity index (χ2n) is 5.81. The highest BCUT2D eigenvalue weighted by Gasteiger charge is 2.26. The zero-order chi connectivity index (χ0) is 15.6. The molecule has 6 nitrogen and oxygen atoms in total. The average Bonchev–Trinajstić information content (AvgIpc) is 3.15. The van der Waals surface area contributed by atoms with E-state index >= 15 is 0 Å². The van der Waals surface area contributed by atoms with Crippen molar-refractivity contribution in [2.75, 3.05) is 22.4 Å². The molecule has 118 valence electrons. The number of ether oxygens (including phenoxy) is 1. The second kappa shape index (κ2) is 6.15. The Morgan fingerprint density at radius 3 is 2.73 bits per heavy atom. The van der Waals surface area contributed by atoms with Gasteiger partial charge in [0.05, 0.1) is 34.9 Å². The van der Waals surface area contributed by atoms with Crippen LogP contribution in [0.4, 0.5) is 11.4 Å². The molecule has 1 heterocycles. The standard InChI is InChI=1S/C15H19N3O3S/c16-9-11-3-6-14(17-12-4-5-12)15(8-11)18-22(19,20)10-13-2-1-7-21-13/h3,6,8,12-13,17-18H,1-2,4-5,7,10H2/t13-/m0/s1. The fourth-order valence-corrected chi connectivity index (χ4v) is 3.84. The van der Waals surface area contributed by atoms with E-state index in [-0.39, 0.29) is 11.9 Å². The van der Waals surface area contributed by atoms with E-state index in [1.165, 1.54) is 0 Å². The molecule has 1 saturated heterocycles. The quantitative estimate of drug-likeness (QED) is 0.837. The van der Waals surface area contributed by atoms with E-state index in [0.29, 0.717) is 23.9 Å². The molecule has 1 aliphatic carbocycles. The smallest absolute Gasteiger partial charge is 0.235 e. The molecule has 1 atom stereocenters. The molecule has 3 rings (SSSR count). The van der Waals surface area contributed by atoms with Crippen molar-refractivity contribution in [1.82, 2.24) is 0 Å². The van der Waals surface area contributed by atoms with Crippen molar-refractivity contribution in [2.45, 2.75) is 37.8 Å². The zero-order valence-corrected chi connectivity index (χ0v) is 13.0. The Hall–Kier alpha value is -1.78. The molecule has 0 aromatic heterocycles. The number of hydrogen-bond acceptors (Lipinski definition) is 5. The van der Waals surface area contributed by atoms with Gasteiger partial charge in [-0.2, -0.15) is 5.26 Å². The lowest BCUT2D eigenvalue weighted by atomic mass is 10.2. The van der Waals surface area contributed by atoms with Gasteiger partial charge in [0.1, 0.15) is 0 Å². The first-order chi connectivity index (χ1) is 10.6. The van der Waals surface area contributed by atoms with Crippen LogP contribution in [0.3, 0.4) is 0 Å². The van der Waals surface area contributed by atoms with Crippen molar-refractivity contribution < 1.29 is 13.2 Å². The number of nitrogens with zero attached hydrogens (tertiary/aromatic N) is 1. The maximum absolute atomic E-state index is 12.3. The number of nitriles is 1. The van der Waals surface area contributed by atoms with Gasteiger partial charge in [-0.15, -0.1) is 0 Å². The lowest BCUT2D eigenvalue weighted by molar-refractivity contribution is 0.127. The second-order valence-corrected chi connectivity index (χ2v) is 7.58. The maximum atomic E-state index is 12.3. The molecule has 0 spiro atoms. The van der Waals surface area contributed by atoms with Crippen LogP contribution in [0, 0.1) is 11.3 Å². The molecule has 7 heteroatoms. The molecule has 0 radical (unpaired) electrons. The number of sulfonamides is 1. The number of nitrogens with one attached hydrogen (secondary N) is 2. The highest BCUT2D eigenvalue weighted by Crippen LogP contribution is 2.31. The minimum Gasteiger partial charge on any atom is -0.381 e. The normalized spacial score (nSPS) is 21.3. The molecule has 2 aliphatic rings. The molecule has 1 saturated carbocycles. The van der Waals surface area contributed by atoms with Gasteiger partial charge in [-0.05, 0) is 43.9 Å². The fraction of sp³-hybridized carbons (Fsp3) is 0.533. The largest absolute Gasteiger partial charge is 0.381 e. The monoisotopic (exact) mass is 321 g/mol. The lowest BCUT2D eigenvalue weighted by Crippen LogP contribution is -2.26. The molecule has 1 aromatic rings. The Labute approximate surface area is 130 Å². The summed E-state index contributed by atoms with van der Waals surface area (Å²) in [5, 5.41) is 12.3. The third kappa shape index (κ3) is 3.90. The summed E-state index contributed by atoms with van der Waals surface area (Å²) in [7, 11) is -3.51. The molecule has 0 unspecified atom stereocenters. The van der Waals surface area contributed by atoms with Gasteiger partial charge >= 0.3 is 0 Å². The van der Waals surface area contributed by atoms with Crippen molar-refractivity contribution in [3.63, 3.8) is 0 Å². The van der Waals surface area contributed by atoms with Crippen LogP contribution in [-0.4, -0.2) is 32.9 Å². The van der Waals surface area contributed by atoms with E-state index in [0.717, 1.165) is 31.4 Å². The molecule has 22 heavy (non-hydrogen) atoms. The van der Waals surface area contributed by atoms with Gasteiger partial charge in [0.25, 0.3) is 0 Å². The maximum Gasteiger partial charge on any atom is 0.235 e. The van der Waals surface area contributed by atoms with Gasteiger partial charge in [-0.25, -0.2) is 8.42 Å². The van der Waals surface area contributed by atoms with Crippen molar-refractivity contribution in [3.05, 3.63) is 23.8 Å². The first kappa shape index (κ1) is 15.1. The summed E-state index contributed by atoms with van der Waals surface area (Å²) in [6.45, 7) is 0.624. The Bertz CT molecular complexity index is 686. The third-order valence-corrected chi connectivity index (χ3v) is 5.12. The van der Waals surface area contributed by atoms with E-state index in [1.54, 1.807) is 18.2 Å². The van der Waals surface area contributed by atoms with Crippen LogP contribution in [0.1, 0.15) is 31.2 Å². The third-order valence-electron chi connectivity index (χ3n) is 3.78. The molecule has 2 fully saturated rings. The van der Waals surface area contributed by atoms with Crippen molar-refractivity contribution in [2.24, 2.45) is 0 Å². The van der Waals surface area contributed by atoms with Gasteiger partial charge in [-0.1, -0.05) is 0 Å². The van der Waals surface area contributed by atoms with E-state index in [2.05, 4.69) is 10.0 Å². The van der Waals surface area contributed by atoms with Gasteiger partial charge < -0.3 is 10.1 Å². The Morgan fingerprint density at radius 1 is 1.27 bits per heavy atom. The van der Waals surface area contributed by atoms with E-state index in [4.69, 9.17) is 10.00 Å². The number of hydrogen-bond donors (Lipinski definition) is 2. The van der Waals surface area contributed by atoms with Gasteiger partial charge in [0.2, 0.25) is 10.0 Å². The molecule has 0 bridgehead atoms. The van der Waals surface area contributed by atoms with Gasteiger partial charge in [0, 0.05) is 12.6 Å². The first-order valence-electron chi connectivity index (χ1n) is 7.48. The van der Waals surface area contributed by atoms with E-state index < -0.39 is 10.0 Å². The topological polar surface area (TPSA) is 91.2 Å². The summed E-state index contributed by atoms with van der Waals surface area (Å²) in [5.74, 6) is -0.0490. The zero-order valence-electron chi connectivity index (χ0n) is 12.2. The summed E-state index contributed by atoms with van der Waals surface area (Å²) in [4.78, 5) is 0. The Morgan fingerprint density at radius 2 is 2.09 bits per heavy atom. The first-order valence-corrected chi connectivity index (χ1v) is 9.14. The van der Waals surface area contributed by atoms with Crippen LogP contribution in [0.5, 0.6) is 0 Å². The van der Waals surface area contributed by atoms with Crippen molar-refractivity contribution in [1.29, 1.82) is 5.26 Å².